The molecule has 0 aromatic carbocycles. The Kier molecular flexibility index (Phi) is 10.0. The highest BCUT2D eigenvalue weighted by Crippen LogP contribution is 2.44. The minimum absolute atomic E-state index is 0.388. The lowest BCUT2D eigenvalue weighted by Crippen LogP contribution is -2.22. The van der Waals surface area contributed by atoms with Crippen LogP contribution in [0.2, 0.25) is 0 Å². The number of hydrogen-bond donors (Lipinski definition) is 0. The molecule has 140 valence electrons. The molecule has 0 heteroatoms. The largest absolute Gasteiger partial charge is 0.0998 e. The molecule has 1 unspecified atom stereocenters. The Morgan fingerprint density at radius 3 is 2.08 bits per heavy atom. The summed E-state index contributed by atoms with van der Waals surface area (Å²) in [7, 11) is 0. The van der Waals surface area contributed by atoms with Crippen LogP contribution in [0.4, 0.5) is 0 Å². The summed E-state index contributed by atoms with van der Waals surface area (Å²) in [5, 5.41) is 0. The van der Waals surface area contributed by atoms with E-state index in [2.05, 4.69) is 41.2 Å². The maximum atomic E-state index is 4.22. The van der Waals surface area contributed by atoms with Crippen molar-refractivity contribution in [3.8, 4) is 0 Å². The van der Waals surface area contributed by atoms with Gasteiger partial charge in [-0.25, -0.2) is 0 Å². The molecule has 1 aliphatic rings. The van der Waals surface area contributed by atoms with E-state index in [1.807, 2.05) is 0 Å². The van der Waals surface area contributed by atoms with Gasteiger partial charge in [0.2, 0.25) is 0 Å². The topological polar surface area (TPSA) is 0 Å². The molecule has 0 radical (unpaired) electrons. The maximum Gasteiger partial charge on any atom is -0.0142 e. The van der Waals surface area contributed by atoms with Crippen LogP contribution >= 0.6 is 0 Å². The van der Waals surface area contributed by atoms with Gasteiger partial charge in [-0.3, -0.25) is 0 Å². The van der Waals surface area contributed by atoms with E-state index >= 15 is 0 Å². The molecule has 0 bridgehead atoms. The third-order valence-corrected chi connectivity index (χ3v) is 6.25. The lowest BCUT2D eigenvalue weighted by Gasteiger charge is -2.36. The fourth-order valence-electron chi connectivity index (χ4n) is 4.37. The van der Waals surface area contributed by atoms with Gasteiger partial charge in [0.05, 0.1) is 0 Å². The van der Waals surface area contributed by atoms with Crippen LogP contribution in [0.1, 0.15) is 118 Å². The van der Waals surface area contributed by atoms with E-state index in [4.69, 9.17) is 0 Å². The Morgan fingerprint density at radius 2 is 1.54 bits per heavy atom. The second-order valence-electron chi connectivity index (χ2n) is 9.01. The van der Waals surface area contributed by atoms with Crippen LogP contribution in [0.15, 0.2) is 23.3 Å². The van der Waals surface area contributed by atoms with Gasteiger partial charge < -0.3 is 0 Å². The summed E-state index contributed by atoms with van der Waals surface area (Å²) in [6.07, 6.45) is 18.1. The summed E-state index contributed by atoms with van der Waals surface area (Å²) >= 11 is 0. The van der Waals surface area contributed by atoms with Crippen molar-refractivity contribution in [3.63, 3.8) is 0 Å². The standard InChI is InChI=1S/C24H44/c1-7-8-9-10-11-12-13-14-15-18-24(5,6)23-19-22(20(2)3)17-16-21(23)4/h22H,2,7-19H2,1,3-6H3. The molecule has 0 nitrogen and oxygen atoms in total. The Hall–Kier alpha value is -0.520. The fourth-order valence-corrected chi connectivity index (χ4v) is 4.37. The molecule has 0 aromatic heterocycles. The Bertz CT molecular complexity index is 396. The van der Waals surface area contributed by atoms with Crippen LogP contribution in [-0.4, -0.2) is 0 Å². The van der Waals surface area contributed by atoms with Gasteiger partial charge in [-0.05, 0) is 50.9 Å². The van der Waals surface area contributed by atoms with Gasteiger partial charge in [-0.15, -0.1) is 0 Å². The molecule has 0 spiro atoms. The highest BCUT2D eigenvalue weighted by atomic mass is 14.3. The van der Waals surface area contributed by atoms with E-state index < -0.39 is 0 Å². The predicted molar refractivity (Wildman–Crippen MR) is 110 cm³/mol. The maximum absolute atomic E-state index is 4.22. The average molecular weight is 333 g/mol. The average Bonchev–Trinajstić information content (AvgIpc) is 2.53. The van der Waals surface area contributed by atoms with Crippen LogP contribution in [0.5, 0.6) is 0 Å². The van der Waals surface area contributed by atoms with Crippen molar-refractivity contribution in [3.05, 3.63) is 23.3 Å². The summed E-state index contributed by atoms with van der Waals surface area (Å²) in [6, 6.07) is 0. The van der Waals surface area contributed by atoms with Crippen LogP contribution < -0.4 is 0 Å². The summed E-state index contributed by atoms with van der Waals surface area (Å²) in [4.78, 5) is 0. The lowest BCUT2D eigenvalue weighted by atomic mass is 9.69. The molecule has 0 fully saturated rings. The van der Waals surface area contributed by atoms with Crippen molar-refractivity contribution in [2.45, 2.75) is 118 Å². The van der Waals surface area contributed by atoms with Crippen molar-refractivity contribution in [2.24, 2.45) is 11.3 Å². The van der Waals surface area contributed by atoms with Gasteiger partial charge in [-0.2, -0.15) is 0 Å². The lowest BCUT2D eigenvalue weighted by molar-refractivity contribution is 0.339. The third-order valence-electron chi connectivity index (χ3n) is 6.25. The molecule has 0 amide bonds. The van der Waals surface area contributed by atoms with Gasteiger partial charge in [0.1, 0.15) is 0 Å². The monoisotopic (exact) mass is 332 g/mol. The molecule has 1 rings (SSSR count). The first-order valence-electron chi connectivity index (χ1n) is 10.7. The van der Waals surface area contributed by atoms with Crippen LogP contribution in [0.3, 0.4) is 0 Å². The molecular weight excluding hydrogens is 288 g/mol. The summed E-state index contributed by atoms with van der Waals surface area (Å²) in [5.41, 5.74) is 5.20. The van der Waals surface area contributed by atoms with Crippen molar-refractivity contribution < 1.29 is 0 Å². The first-order chi connectivity index (χ1) is 11.4. The minimum Gasteiger partial charge on any atom is -0.0998 e. The zero-order chi connectivity index (χ0) is 18.0. The van der Waals surface area contributed by atoms with Gasteiger partial charge in [-0.1, -0.05) is 102 Å². The predicted octanol–water partition coefficient (Wildman–Crippen LogP) is 8.63. The van der Waals surface area contributed by atoms with Gasteiger partial charge in [0.25, 0.3) is 0 Å². The van der Waals surface area contributed by atoms with E-state index in [0.29, 0.717) is 5.41 Å². The number of unbranched alkanes of at least 4 members (excludes halogenated alkanes) is 8. The van der Waals surface area contributed by atoms with Crippen LogP contribution in [0, 0.1) is 11.3 Å². The molecule has 0 N–H and O–H groups in total. The first kappa shape index (κ1) is 21.5. The molecule has 24 heavy (non-hydrogen) atoms. The molecular formula is C24H44. The summed E-state index contributed by atoms with van der Waals surface area (Å²) in [5.74, 6) is 0.728. The van der Waals surface area contributed by atoms with Crippen molar-refractivity contribution in [2.75, 3.05) is 0 Å². The van der Waals surface area contributed by atoms with Crippen LogP contribution in [0.25, 0.3) is 0 Å². The molecule has 0 aromatic rings. The Morgan fingerprint density at radius 1 is 1.00 bits per heavy atom. The van der Waals surface area contributed by atoms with E-state index in [9.17, 15) is 0 Å². The second kappa shape index (κ2) is 11.2. The quantitative estimate of drug-likeness (QED) is 0.248. The summed E-state index contributed by atoms with van der Waals surface area (Å²) < 4.78 is 0. The Labute approximate surface area is 153 Å². The van der Waals surface area contributed by atoms with Crippen LogP contribution in [-0.2, 0) is 0 Å². The third kappa shape index (κ3) is 7.58. The molecule has 0 aliphatic heterocycles. The molecule has 0 heterocycles. The SMILES string of the molecule is C=C(C)C1CCC(C)=C(C(C)(C)CCCCCCCCCCC)C1. The van der Waals surface area contributed by atoms with Crippen molar-refractivity contribution in [1.82, 2.24) is 0 Å². The van der Waals surface area contributed by atoms with E-state index in [1.54, 1.807) is 11.1 Å². The first-order valence-corrected chi connectivity index (χ1v) is 10.7. The van der Waals surface area contributed by atoms with Crippen molar-refractivity contribution >= 4 is 0 Å². The van der Waals surface area contributed by atoms with E-state index in [1.165, 1.54) is 89.0 Å². The normalized spacial score (nSPS) is 19.0. The molecule has 1 atom stereocenters. The molecule has 0 saturated carbocycles. The highest BCUT2D eigenvalue weighted by molar-refractivity contribution is 5.25. The van der Waals surface area contributed by atoms with Gasteiger partial charge in [0, 0.05) is 0 Å². The number of allylic oxidation sites excluding steroid dienone is 3. The Balaban J connectivity index is 2.29. The zero-order valence-corrected chi connectivity index (χ0v) is 17.5. The van der Waals surface area contributed by atoms with E-state index in [0.717, 1.165) is 5.92 Å². The number of rotatable bonds is 12. The van der Waals surface area contributed by atoms with Crippen molar-refractivity contribution in [1.29, 1.82) is 0 Å². The van der Waals surface area contributed by atoms with Gasteiger partial charge in [0.15, 0.2) is 0 Å². The molecule has 0 saturated heterocycles. The fraction of sp³-hybridized carbons (Fsp3) is 0.833. The second-order valence-corrected chi connectivity index (χ2v) is 9.01. The molecule has 1 aliphatic carbocycles. The van der Waals surface area contributed by atoms with E-state index in [-0.39, 0.29) is 0 Å². The summed E-state index contributed by atoms with van der Waals surface area (Å²) in [6.45, 7) is 16.1. The number of hydrogen-bond acceptors (Lipinski definition) is 0. The van der Waals surface area contributed by atoms with Gasteiger partial charge >= 0.3 is 0 Å². The minimum atomic E-state index is 0.388. The highest BCUT2D eigenvalue weighted by Gasteiger charge is 2.29. The smallest absolute Gasteiger partial charge is 0.0142 e. The zero-order valence-electron chi connectivity index (χ0n) is 17.5.